The minimum atomic E-state index is -0.598. The normalized spacial score (nSPS) is 11.7. The Labute approximate surface area is 382 Å². The van der Waals surface area contributed by atoms with E-state index >= 15 is 0 Å². The number of rotatable bonds is 11. The van der Waals surface area contributed by atoms with E-state index in [1.54, 1.807) is 24.8 Å². The number of hydrogen-bond acceptors (Lipinski definition) is 4. The van der Waals surface area contributed by atoms with Gasteiger partial charge in [0.25, 0.3) is 0 Å². The molecule has 10 rings (SSSR count). The van der Waals surface area contributed by atoms with E-state index in [4.69, 9.17) is 29.9 Å². The van der Waals surface area contributed by atoms with Crippen LogP contribution in [0.25, 0.3) is 79.2 Å². The molecular weight excluding hydrogens is 956 g/mol. The van der Waals surface area contributed by atoms with Gasteiger partial charge in [-0.25, -0.2) is 9.97 Å². The molecular formula is C54H44N8Pt. The van der Waals surface area contributed by atoms with Gasteiger partial charge in [-0.05, 0) is 33.9 Å². The second-order valence-corrected chi connectivity index (χ2v) is 16.5. The molecule has 4 heterocycles. The van der Waals surface area contributed by atoms with E-state index in [-0.39, 0.29) is 21.1 Å². The molecule has 63 heavy (non-hydrogen) atoms. The fourth-order valence-corrected chi connectivity index (χ4v) is 8.38. The summed E-state index contributed by atoms with van der Waals surface area (Å²) in [6.07, 6.45) is 11.3. The van der Waals surface area contributed by atoms with E-state index in [1.165, 1.54) is 0 Å². The maximum absolute atomic E-state index is 5.49. The molecule has 0 spiro atoms. The van der Waals surface area contributed by atoms with Crippen molar-refractivity contribution in [2.24, 2.45) is 0 Å². The molecule has 0 amide bonds. The van der Waals surface area contributed by atoms with E-state index in [1.807, 2.05) is 24.3 Å². The number of aromatic nitrogens is 8. The minimum Gasteiger partial charge on any atom is -0.440 e. The maximum atomic E-state index is 5.49. The van der Waals surface area contributed by atoms with Crippen LogP contribution in [0.4, 0.5) is 0 Å². The summed E-state index contributed by atoms with van der Waals surface area (Å²) in [4.78, 5) is 29.8. The quantitative estimate of drug-likeness (QED) is 0.128. The van der Waals surface area contributed by atoms with Gasteiger partial charge in [0.1, 0.15) is 11.6 Å². The first kappa shape index (κ1) is 41.2. The predicted molar refractivity (Wildman–Crippen MR) is 248 cm³/mol. The van der Waals surface area contributed by atoms with Crippen molar-refractivity contribution in [2.75, 3.05) is 0 Å². The van der Waals surface area contributed by atoms with Crippen molar-refractivity contribution in [3.05, 3.63) is 206 Å². The van der Waals surface area contributed by atoms with Gasteiger partial charge in [0.05, 0.1) is 22.8 Å². The van der Waals surface area contributed by atoms with E-state index in [0.29, 0.717) is 23.3 Å². The maximum Gasteiger partial charge on any atom is 2.00 e. The van der Waals surface area contributed by atoms with Gasteiger partial charge < -0.3 is 19.9 Å². The van der Waals surface area contributed by atoms with Crippen LogP contribution in [-0.4, -0.2) is 29.1 Å². The van der Waals surface area contributed by atoms with Crippen LogP contribution in [0, 0.1) is 0 Å². The van der Waals surface area contributed by atoms with Gasteiger partial charge in [-0.15, -0.1) is 0 Å². The molecule has 8 nitrogen and oxygen atoms in total. The van der Waals surface area contributed by atoms with Crippen molar-refractivity contribution >= 4 is 0 Å². The SMILES string of the molecule is CC(C)(c1cn(-c2c(-c3ccccc3)cccc2-c2ccccc2)c(-c2ncc[n-]2)n1)C(C)(C)c1cn(-c2c(-c3ccccc3)cccc2-c2ccccc2)c(-c2ncc[n-]2)n1.[Pt+2]. The number of hydrogen-bond donors (Lipinski definition) is 0. The molecule has 0 saturated carbocycles. The summed E-state index contributed by atoms with van der Waals surface area (Å²) in [7, 11) is 0. The average Bonchev–Trinajstić information content (AvgIpc) is 4.18. The van der Waals surface area contributed by atoms with Gasteiger partial charge in [0.2, 0.25) is 0 Å². The summed E-state index contributed by atoms with van der Waals surface area (Å²) < 4.78 is 4.38. The van der Waals surface area contributed by atoms with E-state index < -0.39 is 10.8 Å². The standard InChI is InChI=1S/C54H44N8.Pt/c1-53(2,45-35-61(51(59-45)49-55-31-32-56-49)47-41(37-19-9-5-10-20-37)27-17-28-42(47)38-21-11-6-12-22-38)54(3,4)46-36-62(52(60-46)50-57-33-34-58-50)48-43(39-23-13-7-14-24-39)29-18-30-44(48)40-25-15-8-16-26-40;/h5-36H,1-4H3;/q-2;+2. The third-order valence-electron chi connectivity index (χ3n) is 12.5. The Morgan fingerprint density at radius 3 is 0.968 bits per heavy atom. The monoisotopic (exact) mass is 999 g/mol. The van der Waals surface area contributed by atoms with Crippen molar-refractivity contribution in [1.82, 2.24) is 39.0 Å². The van der Waals surface area contributed by atoms with Crippen LogP contribution in [0.1, 0.15) is 39.1 Å². The smallest absolute Gasteiger partial charge is 0.440 e. The number of imidazole rings is 4. The van der Waals surface area contributed by atoms with E-state index in [0.717, 1.165) is 67.3 Å². The molecule has 9 heteroatoms. The molecule has 0 aliphatic heterocycles. The van der Waals surface area contributed by atoms with Crippen molar-refractivity contribution in [3.8, 4) is 79.2 Å². The Morgan fingerprint density at radius 2 is 0.698 bits per heavy atom. The third-order valence-corrected chi connectivity index (χ3v) is 12.5. The fraction of sp³-hybridized carbons (Fsp3) is 0.111. The Bertz CT molecular complexity index is 2770. The van der Waals surface area contributed by atoms with Gasteiger partial charge in [-0.3, -0.25) is 9.13 Å². The molecule has 0 saturated heterocycles. The molecule has 0 unspecified atom stereocenters. The Hall–Kier alpha value is -7.15. The van der Waals surface area contributed by atoms with E-state index in [2.05, 4.69) is 183 Å². The van der Waals surface area contributed by atoms with Crippen molar-refractivity contribution in [3.63, 3.8) is 0 Å². The molecule has 10 aromatic rings. The molecule has 0 bridgehead atoms. The Kier molecular flexibility index (Phi) is 11.1. The molecule has 6 aromatic carbocycles. The number of benzene rings is 6. The molecule has 0 radical (unpaired) electrons. The Morgan fingerprint density at radius 1 is 0.397 bits per heavy atom. The zero-order valence-corrected chi connectivity index (χ0v) is 37.6. The second kappa shape index (κ2) is 17.0. The van der Waals surface area contributed by atoms with Gasteiger partial charge in [-0.1, -0.05) is 210 Å². The summed E-state index contributed by atoms with van der Waals surface area (Å²) in [5, 5.41) is 0. The van der Waals surface area contributed by atoms with Gasteiger partial charge >= 0.3 is 21.1 Å². The van der Waals surface area contributed by atoms with Crippen molar-refractivity contribution < 1.29 is 21.1 Å². The average molecular weight is 1000 g/mol. The van der Waals surface area contributed by atoms with Gasteiger partial charge in [0.15, 0.2) is 0 Å². The zero-order valence-electron chi connectivity index (χ0n) is 35.4. The van der Waals surface area contributed by atoms with Crippen LogP contribution in [0.15, 0.2) is 195 Å². The summed E-state index contributed by atoms with van der Waals surface area (Å²) in [6.45, 7) is 9.01. The summed E-state index contributed by atoms with van der Waals surface area (Å²) in [6, 6.07) is 55.0. The first-order chi connectivity index (χ1) is 30.3. The number of nitrogens with zero attached hydrogens (tertiary/aromatic N) is 8. The van der Waals surface area contributed by atoms with Crippen LogP contribution in [-0.2, 0) is 31.9 Å². The molecule has 0 aliphatic carbocycles. The van der Waals surface area contributed by atoms with Crippen molar-refractivity contribution in [1.29, 1.82) is 0 Å². The topological polar surface area (TPSA) is 89.6 Å². The molecule has 0 aliphatic rings. The predicted octanol–water partition coefficient (Wildman–Crippen LogP) is 12.0. The summed E-state index contributed by atoms with van der Waals surface area (Å²) >= 11 is 0. The second-order valence-electron chi connectivity index (χ2n) is 16.5. The van der Waals surface area contributed by atoms with Crippen LogP contribution in [0.5, 0.6) is 0 Å². The van der Waals surface area contributed by atoms with E-state index in [9.17, 15) is 0 Å². The largest absolute Gasteiger partial charge is 2.00 e. The molecule has 0 atom stereocenters. The molecule has 0 fully saturated rings. The molecule has 4 aromatic heterocycles. The minimum absolute atomic E-state index is 0. The van der Waals surface area contributed by atoms with Gasteiger partial charge in [0, 0.05) is 45.5 Å². The first-order valence-electron chi connectivity index (χ1n) is 20.9. The van der Waals surface area contributed by atoms with Crippen LogP contribution < -0.4 is 9.97 Å². The van der Waals surface area contributed by atoms with Crippen LogP contribution >= 0.6 is 0 Å². The summed E-state index contributed by atoms with van der Waals surface area (Å²) in [5.41, 5.74) is 11.3. The zero-order chi connectivity index (χ0) is 42.3. The van der Waals surface area contributed by atoms with Gasteiger partial charge in [-0.2, -0.15) is 0 Å². The first-order valence-corrected chi connectivity index (χ1v) is 20.9. The summed E-state index contributed by atoms with van der Waals surface area (Å²) in [5.74, 6) is 2.43. The fourth-order valence-electron chi connectivity index (χ4n) is 8.38. The van der Waals surface area contributed by atoms with Crippen LogP contribution in [0.3, 0.4) is 0 Å². The van der Waals surface area contributed by atoms with Crippen molar-refractivity contribution in [2.45, 2.75) is 38.5 Å². The Balaban J connectivity index is 0.00000504. The van der Waals surface area contributed by atoms with Crippen LogP contribution in [0.2, 0.25) is 0 Å². The third kappa shape index (κ3) is 7.40. The number of para-hydroxylation sites is 2. The molecule has 310 valence electrons. The molecule has 0 N–H and O–H groups in total.